The van der Waals surface area contributed by atoms with Gasteiger partial charge in [0.1, 0.15) is 11.5 Å². The molecule has 0 saturated carbocycles. The molecule has 0 saturated heterocycles. The summed E-state index contributed by atoms with van der Waals surface area (Å²) in [5.74, 6) is -0.479. The van der Waals surface area contributed by atoms with Crippen molar-refractivity contribution < 1.29 is 9.18 Å². The highest BCUT2D eigenvalue weighted by molar-refractivity contribution is 5.94. The van der Waals surface area contributed by atoms with Gasteiger partial charge in [0.15, 0.2) is 5.78 Å². The second-order valence-corrected chi connectivity index (χ2v) is 3.34. The van der Waals surface area contributed by atoms with Gasteiger partial charge in [0.25, 0.3) is 0 Å². The molecule has 0 aromatic carbocycles. The molecule has 14 heavy (non-hydrogen) atoms. The van der Waals surface area contributed by atoms with E-state index in [9.17, 15) is 9.18 Å². The van der Waals surface area contributed by atoms with Gasteiger partial charge in [0.2, 0.25) is 0 Å². The van der Waals surface area contributed by atoms with Crippen LogP contribution in [0.1, 0.15) is 16.9 Å². The number of hydrogen-bond acceptors (Lipinski definition) is 3. The van der Waals surface area contributed by atoms with Crippen molar-refractivity contribution in [2.24, 2.45) is 0 Å². The Morgan fingerprint density at radius 2 is 2.21 bits per heavy atom. The van der Waals surface area contributed by atoms with Gasteiger partial charge in [-0.25, -0.2) is 4.39 Å². The highest BCUT2D eigenvalue weighted by Gasteiger charge is 2.07. The van der Waals surface area contributed by atoms with Crippen LogP contribution in [0.5, 0.6) is 0 Å². The lowest BCUT2D eigenvalue weighted by Crippen LogP contribution is -2.17. The lowest BCUT2D eigenvalue weighted by atomic mass is 10.2. The van der Waals surface area contributed by atoms with Gasteiger partial charge in [0, 0.05) is 13.0 Å². The number of carbonyl (C=O) groups is 1. The average molecular weight is 196 g/mol. The normalized spacial score (nSPS) is 10.6. The fourth-order valence-electron chi connectivity index (χ4n) is 0.994. The van der Waals surface area contributed by atoms with Gasteiger partial charge in [-0.1, -0.05) is 0 Å². The summed E-state index contributed by atoms with van der Waals surface area (Å²) in [4.78, 5) is 17.1. The molecule has 76 valence electrons. The summed E-state index contributed by atoms with van der Waals surface area (Å²) in [6.45, 7) is 0.678. The van der Waals surface area contributed by atoms with Crippen molar-refractivity contribution in [3.63, 3.8) is 0 Å². The number of carbonyl (C=O) groups excluding carboxylic acids is 1. The molecule has 0 N–H and O–H groups in total. The number of halogens is 1. The summed E-state index contributed by atoms with van der Waals surface area (Å²) in [7, 11) is 3.79. The van der Waals surface area contributed by atoms with E-state index in [-0.39, 0.29) is 5.78 Å². The van der Waals surface area contributed by atoms with E-state index in [1.807, 2.05) is 19.0 Å². The number of ketones is 1. The third kappa shape index (κ3) is 3.22. The average Bonchev–Trinajstić information content (AvgIpc) is 2.15. The minimum absolute atomic E-state index is 0.0568. The van der Waals surface area contributed by atoms with E-state index in [0.717, 1.165) is 6.20 Å². The Morgan fingerprint density at radius 3 is 2.71 bits per heavy atom. The minimum atomic E-state index is -0.422. The number of rotatable bonds is 4. The molecule has 1 aromatic heterocycles. The predicted molar refractivity (Wildman–Crippen MR) is 51.7 cm³/mol. The van der Waals surface area contributed by atoms with Crippen LogP contribution in [0.4, 0.5) is 4.39 Å². The molecular weight excluding hydrogens is 183 g/mol. The summed E-state index contributed by atoms with van der Waals surface area (Å²) in [5, 5.41) is 0. The molecule has 0 bridgehead atoms. The fourth-order valence-corrected chi connectivity index (χ4v) is 0.994. The fraction of sp³-hybridized carbons (Fsp3) is 0.400. The van der Waals surface area contributed by atoms with E-state index >= 15 is 0 Å². The van der Waals surface area contributed by atoms with Crippen LogP contribution >= 0.6 is 0 Å². The zero-order valence-electron chi connectivity index (χ0n) is 8.33. The Kier molecular flexibility index (Phi) is 3.71. The molecule has 1 aromatic rings. The first kappa shape index (κ1) is 10.8. The maximum Gasteiger partial charge on any atom is 0.182 e. The molecule has 4 heteroatoms. The van der Waals surface area contributed by atoms with Gasteiger partial charge in [-0.15, -0.1) is 0 Å². The summed E-state index contributed by atoms with van der Waals surface area (Å²) < 4.78 is 12.5. The van der Waals surface area contributed by atoms with Gasteiger partial charge < -0.3 is 4.90 Å². The maximum atomic E-state index is 12.5. The largest absolute Gasteiger partial charge is 0.309 e. The van der Waals surface area contributed by atoms with E-state index in [1.54, 1.807) is 0 Å². The first-order valence-electron chi connectivity index (χ1n) is 4.39. The Hall–Kier alpha value is -1.29. The number of hydrogen-bond donors (Lipinski definition) is 0. The van der Waals surface area contributed by atoms with Crippen molar-refractivity contribution in [2.75, 3.05) is 20.6 Å². The molecule has 1 rings (SSSR count). The zero-order valence-corrected chi connectivity index (χ0v) is 8.33. The first-order chi connectivity index (χ1) is 6.59. The number of pyridine rings is 1. The summed E-state index contributed by atoms with van der Waals surface area (Å²) >= 11 is 0. The van der Waals surface area contributed by atoms with Gasteiger partial charge in [-0.2, -0.15) is 0 Å². The summed E-state index contributed by atoms with van der Waals surface area (Å²) in [6, 6.07) is 2.66. The van der Waals surface area contributed by atoms with Gasteiger partial charge >= 0.3 is 0 Å². The molecule has 0 spiro atoms. The van der Waals surface area contributed by atoms with Gasteiger partial charge in [0.05, 0.1) is 6.20 Å². The zero-order chi connectivity index (χ0) is 10.6. The van der Waals surface area contributed by atoms with Crippen molar-refractivity contribution in [3.8, 4) is 0 Å². The number of aromatic nitrogens is 1. The van der Waals surface area contributed by atoms with Crippen molar-refractivity contribution in [1.29, 1.82) is 0 Å². The van der Waals surface area contributed by atoms with Crippen LogP contribution in [0, 0.1) is 5.82 Å². The molecule has 0 amide bonds. The van der Waals surface area contributed by atoms with Crippen LogP contribution in [0.15, 0.2) is 18.3 Å². The molecule has 0 aliphatic carbocycles. The molecule has 3 nitrogen and oxygen atoms in total. The van der Waals surface area contributed by atoms with Crippen LogP contribution in [0.2, 0.25) is 0 Å². The lowest BCUT2D eigenvalue weighted by molar-refractivity contribution is 0.0967. The third-order valence-corrected chi connectivity index (χ3v) is 1.80. The summed E-state index contributed by atoms with van der Waals surface area (Å²) in [5.41, 5.74) is 0.327. The number of Topliss-reactive ketones (excluding diaryl/α,β-unsaturated/α-hetero) is 1. The monoisotopic (exact) mass is 196 g/mol. The maximum absolute atomic E-state index is 12.5. The molecule has 0 fully saturated rings. The first-order valence-corrected chi connectivity index (χ1v) is 4.39. The van der Waals surface area contributed by atoms with E-state index < -0.39 is 5.82 Å². The Morgan fingerprint density at radius 1 is 1.50 bits per heavy atom. The van der Waals surface area contributed by atoms with Gasteiger partial charge in [-0.3, -0.25) is 9.78 Å². The number of nitrogens with zero attached hydrogens (tertiary/aromatic N) is 2. The second kappa shape index (κ2) is 4.81. The van der Waals surface area contributed by atoms with Crippen LogP contribution in [0.3, 0.4) is 0 Å². The molecular formula is C10H13FN2O. The van der Waals surface area contributed by atoms with E-state index in [1.165, 1.54) is 12.1 Å². The van der Waals surface area contributed by atoms with Crippen molar-refractivity contribution >= 4 is 5.78 Å². The minimum Gasteiger partial charge on any atom is -0.309 e. The van der Waals surface area contributed by atoms with Crippen LogP contribution in [-0.2, 0) is 0 Å². The lowest BCUT2D eigenvalue weighted by Gasteiger charge is -2.07. The Balaban J connectivity index is 2.57. The van der Waals surface area contributed by atoms with Crippen LogP contribution in [-0.4, -0.2) is 36.3 Å². The quantitative estimate of drug-likeness (QED) is 0.681. The highest BCUT2D eigenvalue weighted by Crippen LogP contribution is 2.01. The third-order valence-electron chi connectivity index (χ3n) is 1.80. The van der Waals surface area contributed by atoms with Crippen LogP contribution in [0.25, 0.3) is 0 Å². The highest BCUT2D eigenvalue weighted by atomic mass is 19.1. The molecule has 0 atom stereocenters. The van der Waals surface area contributed by atoms with Gasteiger partial charge in [-0.05, 0) is 26.2 Å². The van der Waals surface area contributed by atoms with Crippen LogP contribution < -0.4 is 0 Å². The smallest absolute Gasteiger partial charge is 0.182 e. The molecule has 0 aliphatic rings. The van der Waals surface area contributed by atoms with E-state index in [4.69, 9.17) is 0 Å². The van der Waals surface area contributed by atoms with E-state index in [0.29, 0.717) is 18.7 Å². The topological polar surface area (TPSA) is 33.2 Å². The summed E-state index contributed by atoms with van der Waals surface area (Å²) in [6.07, 6.45) is 1.47. The predicted octanol–water partition coefficient (Wildman–Crippen LogP) is 1.36. The molecule has 0 aliphatic heterocycles. The molecule has 0 unspecified atom stereocenters. The molecule has 1 heterocycles. The SMILES string of the molecule is CN(C)CCC(=O)c1ccc(F)cn1. The molecule has 0 radical (unpaired) electrons. The van der Waals surface area contributed by atoms with Crippen molar-refractivity contribution in [1.82, 2.24) is 9.88 Å². The standard InChI is InChI=1S/C10H13FN2O/c1-13(2)6-5-10(14)9-4-3-8(11)7-12-9/h3-4,7H,5-6H2,1-2H3. The van der Waals surface area contributed by atoms with Crippen molar-refractivity contribution in [3.05, 3.63) is 29.8 Å². The Labute approximate surface area is 82.6 Å². The van der Waals surface area contributed by atoms with Crippen molar-refractivity contribution in [2.45, 2.75) is 6.42 Å². The Bertz CT molecular complexity index is 308. The van der Waals surface area contributed by atoms with E-state index in [2.05, 4.69) is 4.98 Å². The second-order valence-electron chi connectivity index (χ2n) is 3.34.